The van der Waals surface area contributed by atoms with Crippen LogP contribution in [0.25, 0.3) is 0 Å². The Hall–Kier alpha value is -0.300. The maximum atomic E-state index is 5.13. The Morgan fingerprint density at radius 3 is 2.62 bits per heavy atom. The van der Waals surface area contributed by atoms with Gasteiger partial charge in [0.2, 0.25) is 0 Å². The summed E-state index contributed by atoms with van der Waals surface area (Å²) in [5.74, 6) is 0. The average Bonchev–Trinajstić information content (AvgIpc) is 2.42. The van der Waals surface area contributed by atoms with Crippen LogP contribution in [0.3, 0.4) is 0 Å². The summed E-state index contributed by atoms with van der Waals surface area (Å²) in [6.07, 6.45) is 6.32. The summed E-state index contributed by atoms with van der Waals surface area (Å²) in [6, 6.07) is 0. The zero-order valence-corrected chi connectivity index (χ0v) is 5.42. The van der Waals surface area contributed by atoms with Crippen LogP contribution >= 0.6 is 0 Å². The minimum absolute atomic E-state index is 0.440. The number of hydrogen-bond donors (Lipinski definition) is 0. The van der Waals surface area contributed by atoms with E-state index >= 15 is 0 Å². The van der Waals surface area contributed by atoms with E-state index in [0.29, 0.717) is 12.2 Å². The molecule has 0 N–H and O–H groups in total. The summed E-state index contributed by atoms with van der Waals surface area (Å²) in [4.78, 5) is 0. The summed E-state index contributed by atoms with van der Waals surface area (Å²) in [6.45, 7) is 4.22. The molecule has 0 spiro atoms. The number of ether oxygens (including phenoxy) is 1. The molecule has 0 bridgehead atoms. The van der Waals surface area contributed by atoms with Crippen molar-refractivity contribution in [3.63, 3.8) is 0 Å². The van der Waals surface area contributed by atoms with E-state index < -0.39 is 0 Å². The third-order valence-corrected chi connectivity index (χ3v) is 1.32. The molecule has 0 saturated carbocycles. The summed E-state index contributed by atoms with van der Waals surface area (Å²) >= 11 is 0. The quantitative estimate of drug-likeness (QED) is 0.391. The predicted octanol–water partition coefficient (Wildman–Crippen LogP) is 1.74. The average molecular weight is 112 g/mol. The molecule has 1 heterocycles. The van der Waals surface area contributed by atoms with E-state index in [2.05, 4.69) is 26.0 Å². The standard InChI is InChI=1S/C7H12O/c1-3-4-5-7-6(2)8-7/h4-7H,3H2,1-2H3/b5-4-. The van der Waals surface area contributed by atoms with Crippen molar-refractivity contribution in [2.24, 2.45) is 0 Å². The fourth-order valence-electron chi connectivity index (χ4n) is 0.675. The molecular formula is C7H12O. The van der Waals surface area contributed by atoms with Gasteiger partial charge in [-0.25, -0.2) is 0 Å². The van der Waals surface area contributed by atoms with Gasteiger partial charge in [-0.3, -0.25) is 0 Å². The summed E-state index contributed by atoms with van der Waals surface area (Å²) in [5, 5.41) is 0. The molecule has 1 fully saturated rings. The zero-order valence-electron chi connectivity index (χ0n) is 5.42. The molecule has 0 aliphatic carbocycles. The number of allylic oxidation sites excluding steroid dienone is 1. The Labute approximate surface area is 50.3 Å². The third kappa shape index (κ3) is 1.34. The highest BCUT2D eigenvalue weighted by atomic mass is 16.6. The van der Waals surface area contributed by atoms with Crippen LogP contribution in [-0.2, 0) is 4.74 Å². The molecule has 1 saturated heterocycles. The van der Waals surface area contributed by atoms with Gasteiger partial charge in [0.1, 0.15) is 6.10 Å². The molecule has 1 aliphatic rings. The molecule has 0 aromatic rings. The molecule has 0 aromatic heterocycles. The maximum Gasteiger partial charge on any atom is 0.102 e. The van der Waals surface area contributed by atoms with E-state index in [4.69, 9.17) is 4.74 Å². The normalized spacial score (nSPS) is 36.2. The van der Waals surface area contributed by atoms with Crippen molar-refractivity contribution in [2.45, 2.75) is 32.5 Å². The lowest BCUT2D eigenvalue weighted by atomic mass is 10.3. The van der Waals surface area contributed by atoms with Gasteiger partial charge in [-0.05, 0) is 13.3 Å². The van der Waals surface area contributed by atoms with Gasteiger partial charge in [-0.2, -0.15) is 0 Å². The van der Waals surface area contributed by atoms with Crippen LogP contribution in [0.15, 0.2) is 12.2 Å². The van der Waals surface area contributed by atoms with Crippen LogP contribution in [0, 0.1) is 0 Å². The Bertz CT molecular complexity index is 96.6. The van der Waals surface area contributed by atoms with Crippen LogP contribution in [0.5, 0.6) is 0 Å². The number of hydrogen-bond acceptors (Lipinski definition) is 1. The lowest BCUT2D eigenvalue weighted by molar-refractivity contribution is 0.400. The summed E-state index contributed by atoms with van der Waals surface area (Å²) in [7, 11) is 0. The van der Waals surface area contributed by atoms with Crippen LogP contribution in [0.4, 0.5) is 0 Å². The highest BCUT2D eigenvalue weighted by Gasteiger charge is 2.30. The van der Waals surface area contributed by atoms with Gasteiger partial charge in [-0.1, -0.05) is 19.1 Å². The van der Waals surface area contributed by atoms with Gasteiger partial charge >= 0.3 is 0 Å². The van der Waals surface area contributed by atoms with Crippen LogP contribution in [0.1, 0.15) is 20.3 Å². The molecule has 2 unspecified atom stereocenters. The lowest BCUT2D eigenvalue weighted by Crippen LogP contribution is -1.79. The van der Waals surface area contributed by atoms with Crippen LogP contribution in [0.2, 0.25) is 0 Å². The predicted molar refractivity (Wildman–Crippen MR) is 33.8 cm³/mol. The van der Waals surface area contributed by atoms with Gasteiger partial charge in [0.25, 0.3) is 0 Å². The fourth-order valence-corrected chi connectivity index (χ4v) is 0.675. The largest absolute Gasteiger partial charge is 0.365 e. The minimum Gasteiger partial charge on any atom is -0.365 e. The van der Waals surface area contributed by atoms with E-state index in [-0.39, 0.29) is 0 Å². The summed E-state index contributed by atoms with van der Waals surface area (Å²) in [5.41, 5.74) is 0. The molecule has 1 heteroatoms. The molecule has 1 aliphatic heterocycles. The van der Waals surface area contributed by atoms with Crippen LogP contribution in [-0.4, -0.2) is 12.2 Å². The van der Waals surface area contributed by atoms with Crippen molar-refractivity contribution in [1.29, 1.82) is 0 Å². The molecule has 1 rings (SSSR count). The highest BCUT2D eigenvalue weighted by Crippen LogP contribution is 2.21. The van der Waals surface area contributed by atoms with Gasteiger partial charge in [0.15, 0.2) is 0 Å². The first kappa shape index (κ1) is 5.83. The first-order chi connectivity index (χ1) is 3.84. The lowest BCUT2D eigenvalue weighted by Gasteiger charge is -1.74. The molecule has 0 amide bonds. The number of rotatable bonds is 2. The van der Waals surface area contributed by atoms with Crippen molar-refractivity contribution in [2.75, 3.05) is 0 Å². The molecule has 2 atom stereocenters. The monoisotopic (exact) mass is 112 g/mol. The van der Waals surface area contributed by atoms with Gasteiger partial charge in [0.05, 0.1) is 6.10 Å². The zero-order chi connectivity index (χ0) is 5.98. The highest BCUT2D eigenvalue weighted by molar-refractivity contribution is 5.00. The van der Waals surface area contributed by atoms with Crippen molar-refractivity contribution in [3.05, 3.63) is 12.2 Å². The summed E-state index contributed by atoms with van der Waals surface area (Å²) < 4.78 is 5.13. The SMILES string of the molecule is CC/C=C\C1OC1C. The van der Waals surface area contributed by atoms with E-state index in [0.717, 1.165) is 6.42 Å². The van der Waals surface area contributed by atoms with Crippen molar-refractivity contribution in [1.82, 2.24) is 0 Å². The first-order valence-electron chi connectivity index (χ1n) is 3.16. The van der Waals surface area contributed by atoms with E-state index in [1.807, 2.05) is 0 Å². The molecular weight excluding hydrogens is 100 g/mol. The van der Waals surface area contributed by atoms with Crippen molar-refractivity contribution < 1.29 is 4.74 Å². The van der Waals surface area contributed by atoms with Gasteiger partial charge in [0, 0.05) is 0 Å². The minimum atomic E-state index is 0.440. The molecule has 8 heavy (non-hydrogen) atoms. The molecule has 0 radical (unpaired) electrons. The van der Waals surface area contributed by atoms with E-state index in [1.165, 1.54) is 0 Å². The Morgan fingerprint density at radius 2 is 2.25 bits per heavy atom. The first-order valence-corrected chi connectivity index (χ1v) is 3.16. The smallest absolute Gasteiger partial charge is 0.102 e. The van der Waals surface area contributed by atoms with Crippen LogP contribution < -0.4 is 0 Å². The fraction of sp³-hybridized carbons (Fsp3) is 0.714. The Morgan fingerprint density at radius 1 is 1.62 bits per heavy atom. The second-order valence-electron chi connectivity index (χ2n) is 2.14. The van der Waals surface area contributed by atoms with Gasteiger partial charge in [-0.15, -0.1) is 0 Å². The second-order valence-corrected chi connectivity index (χ2v) is 2.14. The number of epoxide rings is 1. The van der Waals surface area contributed by atoms with Gasteiger partial charge < -0.3 is 4.74 Å². The third-order valence-electron chi connectivity index (χ3n) is 1.32. The molecule has 1 nitrogen and oxygen atoms in total. The van der Waals surface area contributed by atoms with E-state index in [1.54, 1.807) is 0 Å². The van der Waals surface area contributed by atoms with Crippen molar-refractivity contribution in [3.8, 4) is 0 Å². The Kier molecular flexibility index (Phi) is 1.69. The molecule has 46 valence electrons. The van der Waals surface area contributed by atoms with Crippen molar-refractivity contribution >= 4 is 0 Å². The topological polar surface area (TPSA) is 12.5 Å². The maximum absolute atomic E-state index is 5.13. The van der Waals surface area contributed by atoms with E-state index in [9.17, 15) is 0 Å². The molecule has 0 aromatic carbocycles. The second kappa shape index (κ2) is 2.31. The Balaban J connectivity index is 2.12.